The Hall–Kier alpha value is -7.25. The number of rotatable bonds is 17. The van der Waals surface area contributed by atoms with E-state index in [-0.39, 0.29) is 58.4 Å². The van der Waals surface area contributed by atoms with Crippen LogP contribution in [0.3, 0.4) is 0 Å². The zero-order valence-electron chi connectivity index (χ0n) is 32.0. The summed E-state index contributed by atoms with van der Waals surface area (Å²) in [5, 5.41) is 70.4. The molecule has 4 unspecified atom stereocenters. The van der Waals surface area contributed by atoms with Gasteiger partial charge in [-0.15, -0.1) is 0 Å². The van der Waals surface area contributed by atoms with Gasteiger partial charge in [0.25, 0.3) is 0 Å². The van der Waals surface area contributed by atoms with E-state index in [0.717, 1.165) is 0 Å². The molecule has 0 aliphatic heterocycles. The number of carbonyl (C=O) groups is 13. The molecule has 0 bridgehead atoms. The average molecular weight is 904 g/mol. The van der Waals surface area contributed by atoms with Crippen LogP contribution < -0.4 is 74.5 Å². The summed E-state index contributed by atoms with van der Waals surface area (Å²) in [5.41, 5.74) is 61.1. The van der Waals surface area contributed by atoms with Crippen LogP contribution in [-0.2, 0) is 62.3 Å². The van der Waals surface area contributed by atoms with Crippen LogP contribution in [0, 0.1) is 0 Å². The second-order valence-corrected chi connectivity index (χ2v) is 9.45. The normalized spacial score (nSPS) is 10.4. The highest BCUT2D eigenvalue weighted by molar-refractivity contribution is 5.84. The molecule has 0 spiro atoms. The maximum Gasteiger partial charge on any atom is 0.321 e. The standard InChI is InChI=1S/4C4H8N2O3.5C2H5NO2/c4*5-2(4(8)9)1-3(6)7;5*3-1-2(4)5/h4*2H,1,5H2,(H2,6,7)(H,8,9);5*1,3H2,(H,4,5). The molecule has 61 heavy (non-hydrogen) atoms. The lowest BCUT2D eigenvalue weighted by molar-refractivity contribution is -0.140. The molecule has 0 radical (unpaired) electrons. The Morgan fingerprint density at radius 3 is 0.377 bits per heavy atom. The quantitative estimate of drug-likeness (QED) is 0.0644. The first-order chi connectivity index (χ1) is 27.5. The lowest BCUT2D eigenvalue weighted by atomic mass is 10.2. The van der Waals surface area contributed by atoms with Gasteiger partial charge in [-0.2, -0.15) is 0 Å². The monoisotopic (exact) mass is 903 g/mol. The SMILES string of the molecule is NC(=O)CC(N)C(=O)O.NC(=O)CC(N)C(=O)O.NC(=O)CC(N)C(=O)O.NC(=O)CC(N)C(=O)O.NCC(=O)O.NCC(=O)O.NCC(=O)O.NCC(=O)O.NCC(=O)O. The van der Waals surface area contributed by atoms with Crippen LogP contribution in [-0.4, -0.2) is 180 Å². The number of hydrogen-bond donors (Lipinski definition) is 22. The number of carboxylic acids is 9. The summed E-state index contributed by atoms with van der Waals surface area (Å²) in [5.74, 6) is -12.5. The van der Waals surface area contributed by atoms with E-state index < -0.39 is 102 Å². The van der Waals surface area contributed by atoms with Crippen LogP contribution in [0.15, 0.2) is 0 Å². The van der Waals surface area contributed by atoms with Crippen LogP contribution in [0.4, 0.5) is 0 Å². The molecule has 0 aromatic rings. The van der Waals surface area contributed by atoms with Crippen molar-refractivity contribution in [2.45, 2.75) is 49.9 Å². The Labute approximate surface area is 343 Å². The van der Waals surface area contributed by atoms with Crippen molar-refractivity contribution in [3.05, 3.63) is 0 Å². The smallest absolute Gasteiger partial charge is 0.321 e. The van der Waals surface area contributed by atoms with Crippen molar-refractivity contribution in [1.82, 2.24) is 0 Å². The fourth-order valence-electron chi connectivity index (χ4n) is 1.22. The highest BCUT2D eigenvalue weighted by Crippen LogP contribution is 1.86. The number of carbonyl (C=O) groups excluding carboxylic acids is 4. The Balaban J connectivity index is -0.0000000722. The van der Waals surface area contributed by atoms with E-state index in [0.29, 0.717) is 0 Å². The third-order valence-corrected chi connectivity index (χ3v) is 3.83. The second-order valence-electron chi connectivity index (χ2n) is 9.45. The summed E-state index contributed by atoms with van der Waals surface area (Å²) in [6, 6.07) is -4.66. The van der Waals surface area contributed by atoms with Crippen LogP contribution in [0.2, 0.25) is 0 Å². The number of nitrogens with two attached hydrogens (primary N) is 13. The van der Waals surface area contributed by atoms with Gasteiger partial charge in [-0.25, -0.2) is 0 Å². The molecule has 35 nitrogen and oxygen atoms in total. The van der Waals surface area contributed by atoms with E-state index in [9.17, 15) is 62.3 Å². The van der Waals surface area contributed by atoms with Gasteiger partial charge in [0.15, 0.2) is 0 Å². The largest absolute Gasteiger partial charge is 0.480 e. The highest BCUT2D eigenvalue weighted by atomic mass is 16.4. The molecule has 0 aliphatic rings. The van der Waals surface area contributed by atoms with Crippen molar-refractivity contribution >= 4 is 77.4 Å². The molecule has 0 aromatic carbocycles. The predicted octanol–water partition coefficient (Wildman–Crippen LogP) is -11.8. The highest BCUT2D eigenvalue weighted by Gasteiger charge is 2.15. The zero-order chi connectivity index (χ0) is 51.2. The van der Waals surface area contributed by atoms with Gasteiger partial charge in [-0.05, 0) is 0 Å². The first-order valence-corrected chi connectivity index (χ1v) is 15.2. The molecular formula is C26H57N13O22. The average Bonchev–Trinajstić information content (AvgIpc) is 3.12. The van der Waals surface area contributed by atoms with Gasteiger partial charge in [0.05, 0.1) is 58.4 Å². The molecule has 0 aliphatic carbocycles. The molecule has 4 amide bonds. The Morgan fingerprint density at radius 1 is 0.279 bits per heavy atom. The summed E-state index contributed by atoms with van der Waals surface area (Å²) in [4.78, 5) is 126. The molecule has 0 rings (SSSR count). The number of primary amides is 4. The maximum atomic E-state index is 9.99. The Bertz CT molecular complexity index is 1140. The van der Waals surface area contributed by atoms with Crippen LogP contribution >= 0.6 is 0 Å². The van der Waals surface area contributed by atoms with Crippen LogP contribution in [0.5, 0.6) is 0 Å². The summed E-state index contributed by atoms with van der Waals surface area (Å²) in [6.07, 6.45) is -1.24. The van der Waals surface area contributed by atoms with Gasteiger partial charge in [0.1, 0.15) is 24.2 Å². The molecule has 0 saturated heterocycles. The van der Waals surface area contributed by atoms with Gasteiger partial charge >= 0.3 is 53.7 Å². The molecule has 358 valence electrons. The number of carboxylic acid groups (broad SMARTS) is 9. The second kappa shape index (κ2) is 50.8. The van der Waals surface area contributed by atoms with Gasteiger partial charge < -0.3 is 120 Å². The predicted molar refractivity (Wildman–Crippen MR) is 201 cm³/mol. The molecule has 35 heteroatoms. The molecule has 0 fully saturated rings. The third kappa shape index (κ3) is 113. The molecule has 0 saturated carbocycles. The molecule has 4 atom stereocenters. The molecule has 0 aromatic heterocycles. The molecular weight excluding hydrogens is 846 g/mol. The number of hydrogen-bond acceptors (Lipinski definition) is 22. The fraction of sp³-hybridized carbons (Fsp3) is 0.500. The summed E-state index contributed by atoms with van der Waals surface area (Å²) in [7, 11) is 0. The fourth-order valence-corrected chi connectivity index (χ4v) is 1.22. The van der Waals surface area contributed by atoms with Gasteiger partial charge in [0.2, 0.25) is 23.6 Å². The third-order valence-electron chi connectivity index (χ3n) is 3.83. The first-order valence-electron chi connectivity index (χ1n) is 15.2. The van der Waals surface area contributed by atoms with Gasteiger partial charge in [-0.3, -0.25) is 62.3 Å². The molecule has 0 heterocycles. The summed E-state index contributed by atoms with van der Waals surface area (Å²) < 4.78 is 0. The maximum absolute atomic E-state index is 9.99. The molecule has 35 N–H and O–H groups in total. The van der Waals surface area contributed by atoms with E-state index in [4.69, 9.17) is 68.9 Å². The van der Waals surface area contributed by atoms with E-state index in [1.807, 2.05) is 0 Å². The Kier molecular flexibility index (Phi) is 62.2. The van der Waals surface area contributed by atoms with Crippen molar-refractivity contribution in [2.24, 2.45) is 74.5 Å². The number of amides is 4. The van der Waals surface area contributed by atoms with E-state index >= 15 is 0 Å². The van der Waals surface area contributed by atoms with Crippen LogP contribution in [0.1, 0.15) is 25.7 Å². The van der Waals surface area contributed by atoms with Crippen molar-refractivity contribution < 1.29 is 108 Å². The summed E-state index contributed by atoms with van der Waals surface area (Å²) >= 11 is 0. The minimum absolute atomic E-state index is 0.278. The number of aliphatic carboxylic acids is 9. The topological polar surface area (TPSA) is 742 Å². The van der Waals surface area contributed by atoms with E-state index in [1.165, 1.54) is 0 Å². The van der Waals surface area contributed by atoms with E-state index in [1.54, 1.807) is 0 Å². The van der Waals surface area contributed by atoms with Crippen molar-refractivity contribution in [3.63, 3.8) is 0 Å². The van der Waals surface area contributed by atoms with Gasteiger partial charge in [-0.1, -0.05) is 0 Å². The van der Waals surface area contributed by atoms with Crippen molar-refractivity contribution in [1.29, 1.82) is 0 Å². The van der Waals surface area contributed by atoms with Crippen LogP contribution in [0.25, 0.3) is 0 Å². The van der Waals surface area contributed by atoms with Gasteiger partial charge in [0, 0.05) is 0 Å². The van der Waals surface area contributed by atoms with Crippen molar-refractivity contribution in [3.8, 4) is 0 Å². The Morgan fingerprint density at radius 2 is 0.361 bits per heavy atom. The minimum atomic E-state index is -1.21. The van der Waals surface area contributed by atoms with E-state index in [2.05, 4.69) is 51.6 Å². The first kappa shape index (κ1) is 74.7. The lowest BCUT2D eigenvalue weighted by Crippen LogP contribution is -2.34. The minimum Gasteiger partial charge on any atom is -0.480 e. The van der Waals surface area contributed by atoms with Crippen molar-refractivity contribution in [2.75, 3.05) is 32.7 Å². The zero-order valence-corrected chi connectivity index (χ0v) is 32.0. The lowest BCUT2D eigenvalue weighted by Gasteiger charge is -1.99. The summed E-state index contributed by atoms with van der Waals surface area (Å²) in [6.45, 7) is -1.39.